The normalized spacial score (nSPS) is 21.6. The zero-order valence-corrected chi connectivity index (χ0v) is 13.8. The van der Waals surface area contributed by atoms with E-state index in [-0.39, 0.29) is 23.9 Å². The van der Waals surface area contributed by atoms with Crippen LogP contribution in [-0.4, -0.2) is 55.9 Å². The summed E-state index contributed by atoms with van der Waals surface area (Å²) in [6.45, 7) is 1.46. The summed E-state index contributed by atoms with van der Waals surface area (Å²) in [5.74, 6) is 0.530. The fourth-order valence-electron chi connectivity index (χ4n) is 3.74. The van der Waals surface area contributed by atoms with Gasteiger partial charge in [-0.2, -0.15) is 4.52 Å². The lowest BCUT2D eigenvalue weighted by Gasteiger charge is -2.56. The highest BCUT2D eigenvalue weighted by molar-refractivity contribution is 5.90. The minimum atomic E-state index is -0.322. The van der Waals surface area contributed by atoms with E-state index in [1.807, 2.05) is 17.0 Å². The van der Waals surface area contributed by atoms with E-state index in [1.54, 1.807) is 23.0 Å². The molecule has 2 unspecified atom stereocenters. The first kappa shape index (κ1) is 15.1. The summed E-state index contributed by atoms with van der Waals surface area (Å²) in [6, 6.07) is 9.76. The molecule has 26 heavy (non-hydrogen) atoms. The van der Waals surface area contributed by atoms with Gasteiger partial charge in [0.2, 0.25) is 0 Å². The number of piperazine rings is 1. The number of nitrogens with one attached hydrogen (secondary N) is 1. The lowest BCUT2D eigenvalue weighted by Crippen LogP contribution is -2.71. The second-order valence-electron chi connectivity index (χ2n) is 6.62. The SMILES string of the molecule is O=C(Nc1ccc(F)cc1)N1C2CC1CN(c1ccc3nncn3n1)C2. The molecule has 2 amide bonds. The highest BCUT2D eigenvalue weighted by Crippen LogP contribution is 2.34. The maximum atomic E-state index is 13.0. The number of hydrogen-bond donors (Lipinski definition) is 1. The molecule has 1 aromatic carbocycles. The molecule has 2 bridgehead atoms. The Hall–Kier alpha value is -3.23. The average Bonchev–Trinajstić information content (AvgIpc) is 3.11. The topological polar surface area (TPSA) is 78.7 Å². The summed E-state index contributed by atoms with van der Waals surface area (Å²) in [6.07, 6.45) is 2.56. The van der Waals surface area contributed by atoms with Gasteiger partial charge in [-0.15, -0.1) is 15.3 Å². The lowest BCUT2D eigenvalue weighted by molar-refractivity contribution is 0.0436. The van der Waals surface area contributed by atoms with Crippen molar-refractivity contribution in [1.82, 2.24) is 24.7 Å². The van der Waals surface area contributed by atoms with Gasteiger partial charge in [0.1, 0.15) is 18.0 Å². The molecule has 5 heterocycles. The van der Waals surface area contributed by atoms with Crippen LogP contribution in [0.25, 0.3) is 5.65 Å². The van der Waals surface area contributed by atoms with Crippen LogP contribution in [-0.2, 0) is 0 Å². The smallest absolute Gasteiger partial charge is 0.322 e. The first-order chi connectivity index (χ1) is 12.7. The quantitative estimate of drug-likeness (QED) is 0.759. The van der Waals surface area contributed by atoms with Crippen molar-refractivity contribution in [3.8, 4) is 0 Å². The third kappa shape index (κ3) is 2.43. The second kappa shape index (κ2) is 5.65. The molecule has 8 nitrogen and oxygen atoms in total. The van der Waals surface area contributed by atoms with E-state index in [4.69, 9.17) is 0 Å². The van der Waals surface area contributed by atoms with Crippen LogP contribution >= 0.6 is 0 Å². The fourth-order valence-corrected chi connectivity index (χ4v) is 3.74. The number of rotatable bonds is 2. The van der Waals surface area contributed by atoms with E-state index in [0.29, 0.717) is 11.3 Å². The Morgan fingerprint density at radius 1 is 1.12 bits per heavy atom. The van der Waals surface area contributed by atoms with Crippen molar-refractivity contribution in [3.63, 3.8) is 0 Å². The van der Waals surface area contributed by atoms with Crippen molar-refractivity contribution < 1.29 is 9.18 Å². The van der Waals surface area contributed by atoms with Crippen molar-refractivity contribution in [2.45, 2.75) is 18.5 Å². The van der Waals surface area contributed by atoms with Crippen LogP contribution in [0.1, 0.15) is 6.42 Å². The number of nitrogens with zero attached hydrogens (tertiary/aromatic N) is 6. The van der Waals surface area contributed by atoms with Gasteiger partial charge in [0.05, 0.1) is 12.1 Å². The molecule has 0 aliphatic carbocycles. The van der Waals surface area contributed by atoms with E-state index < -0.39 is 0 Å². The Morgan fingerprint density at radius 3 is 2.65 bits per heavy atom. The number of benzene rings is 1. The van der Waals surface area contributed by atoms with Crippen LogP contribution in [0, 0.1) is 5.82 Å². The second-order valence-corrected chi connectivity index (χ2v) is 6.62. The van der Waals surface area contributed by atoms with Crippen LogP contribution in [0.2, 0.25) is 0 Å². The van der Waals surface area contributed by atoms with Crippen molar-refractivity contribution in [3.05, 3.63) is 48.5 Å². The minimum Gasteiger partial charge on any atom is -0.351 e. The molecule has 0 spiro atoms. The van der Waals surface area contributed by atoms with Crippen LogP contribution in [0.15, 0.2) is 42.7 Å². The van der Waals surface area contributed by atoms with Gasteiger partial charge in [0.15, 0.2) is 5.65 Å². The van der Waals surface area contributed by atoms with Gasteiger partial charge in [-0.25, -0.2) is 9.18 Å². The monoisotopic (exact) mass is 353 g/mol. The Kier molecular flexibility index (Phi) is 3.27. The number of halogens is 1. The van der Waals surface area contributed by atoms with Gasteiger partial charge in [0, 0.05) is 18.8 Å². The highest BCUT2D eigenvalue weighted by atomic mass is 19.1. The summed E-state index contributed by atoms with van der Waals surface area (Å²) >= 11 is 0. The number of anilines is 2. The first-order valence-corrected chi connectivity index (χ1v) is 8.44. The molecule has 3 saturated heterocycles. The number of amides is 2. The van der Waals surface area contributed by atoms with Gasteiger partial charge in [0.25, 0.3) is 0 Å². The lowest BCUT2D eigenvalue weighted by atomic mass is 9.88. The Labute approximate surface area is 148 Å². The van der Waals surface area contributed by atoms with Crippen molar-refractivity contribution in [1.29, 1.82) is 0 Å². The molecule has 2 atom stereocenters. The maximum Gasteiger partial charge on any atom is 0.322 e. The van der Waals surface area contributed by atoms with E-state index in [0.717, 1.165) is 25.3 Å². The molecule has 0 radical (unpaired) electrons. The number of urea groups is 1. The minimum absolute atomic E-state index is 0.139. The van der Waals surface area contributed by atoms with Gasteiger partial charge in [-0.1, -0.05) is 0 Å². The number of carbonyl (C=O) groups excluding carboxylic acids is 1. The predicted molar refractivity (Wildman–Crippen MR) is 92.4 cm³/mol. The molecule has 3 aromatic rings. The fraction of sp³-hybridized carbons (Fsp3) is 0.294. The third-order valence-corrected chi connectivity index (χ3v) is 4.99. The molecular formula is C17H16FN7O. The summed E-state index contributed by atoms with van der Waals surface area (Å²) in [5.41, 5.74) is 1.30. The first-order valence-electron chi connectivity index (χ1n) is 8.44. The maximum absolute atomic E-state index is 13.0. The molecule has 3 fully saturated rings. The van der Waals surface area contributed by atoms with Crippen molar-refractivity contribution in [2.24, 2.45) is 0 Å². The molecule has 9 heteroatoms. The zero-order valence-electron chi connectivity index (χ0n) is 13.8. The number of hydrogen-bond acceptors (Lipinski definition) is 5. The van der Waals surface area contributed by atoms with Crippen molar-refractivity contribution >= 4 is 23.2 Å². The zero-order chi connectivity index (χ0) is 17.7. The molecule has 1 N–H and O–H groups in total. The predicted octanol–water partition coefficient (Wildman–Crippen LogP) is 1.76. The molecule has 3 aliphatic rings. The van der Waals surface area contributed by atoms with Crippen LogP contribution < -0.4 is 10.2 Å². The number of carbonyl (C=O) groups is 1. The van der Waals surface area contributed by atoms with Crippen LogP contribution in [0.5, 0.6) is 0 Å². The van der Waals surface area contributed by atoms with E-state index in [2.05, 4.69) is 25.5 Å². The number of fused-ring (bicyclic) bond motifs is 3. The molecule has 0 saturated carbocycles. The Bertz CT molecular complexity index is 961. The Balaban J connectivity index is 1.28. The van der Waals surface area contributed by atoms with Crippen LogP contribution in [0.4, 0.5) is 20.7 Å². The molecular weight excluding hydrogens is 337 g/mol. The van der Waals surface area contributed by atoms with Gasteiger partial charge in [-0.3, -0.25) is 0 Å². The van der Waals surface area contributed by atoms with Crippen molar-refractivity contribution in [2.75, 3.05) is 23.3 Å². The van der Waals surface area contributed by atoms with Gasteiger partial charge in [-0.05, 0) is 42.8 Å². The van der Waals surface area contributed by atoms with Gasteiger partial charge < -0.3 is 15.1 Å². The summed E-state index contributed by atoms with van der Waals surface area (Å²) in [5, 5.41) is 15.2. The summed E-state index contributed by atoms with van der Waals surface area (Å²) in [7, 11) is 0. The molecule has 3 aliphatic heterocycles. The number of aromatic nitrogens is 4. The average molecular weight is 353 g/mol. The summed E-state index contributed by atoms with van der Waals surface area (Å²) in [4.78, 5) is 16.6. The highest BCUT2D eigenvalue weighted by Gasteiger charge is 2.47. The number of piperidine rings is 1. The van der Waals surface area contributed by atoms with Gasteiger partial charge >= 0.3 is 6.03 Å². The third-order valence-electron chi connectivity index (χ3n) is 4.99. The Morgan fingerprint density at radius 2 is 1.88 bits per heavy atom. The largest absolute Gasteiger partial charge is 0.351 e. The molecule has 2 aromatic heterocycles. The van der Waals surface area contributed by atoms with E-state index in [9.17, 15) is 9.18 Å². The standard InChI is InChI=1S/C17H16FN7O/c18-11-1-3-12(4-2-11)20-17(26)25-13-7-14(25)9-23(8-13)16-6-5-15-21-19-10-24(15)22-16/h1-6,10,13-14H,7-9H2,(H,20,26). The van der Waals surface area contributed by atoms with E-state index in [1.165, 1.54) is 12.1 Å². The molecule has 132 valence electrons. The van der Waals surface area contributed by atoms with E-state index >= 15 is 0 Å². The van der Waals surface area contributed by atoms with Crippen LogP contribution in [0.3, 0.4) is 0 Å². The molecule has 6 rings (SSSR count). The summed E-state index contributed by atoms with van der Waals surface area (Å²) < 4.78 is 14.6.